The van der Waals surface area contributed by atoms with Crippen molar-refractivity contribution in [2.45, 2.75) is 25.7 Å². The van der Waals surface area contributed by atoms with Crippen molar-refractivity contribution in [1.82, 2.24) is 9.88 Å². The third-order valence-electron chi connectivity index (χ3n) is 5.91. The maximum atomic E-state index is 13.1. The third kappa shape index (κ3) is 4.92. The van der Waals surface area contributed by atoms with Gasteiger partial charge in [0.1, 0.15) is 5.15 Å². The number of halogens is 1. The topological polar surface area (TPSA) is 88.3 Å². The van der Waals surface area contributed by atoms with Gasteiger partial charge in [-0.2, -0.15) is 0 Å². The number of aromatic nitrogens is 1. The molecular weight excluding hydrogens is 424 g/mol. The van der Waals surface area contributed by atoms with Crippen LogP contribution >= 0.6 is 11.6 Å². The molecule has 2 amide bonds. The second-order valence-corrected chi connectivity index (χ2v) is 8.47. The van der Waals surface area contributed by atoms with Crippen molar-refractivity contribution < 1.29 is 9.59 Å². The third-order valence-corrected chi connectivity index (χ3v) is 6.12. The number of piperidine rings is 1. The molecule has 4 rings (SSSR count). The Kier molecular flexibility index (Phi) is 6.42. The van der Waals surface area contributed by atoms with Crippen LogP contribution < -0.4 is 11.1 Å². The van der Waals surface area contributed by atoms with Gasteiger partial charge in [-0.15, -0.1) is 0 Å². The fourth-order valence-corrected chi connectivity index (χ4v) is 4.17. The number of carbonyl (C=O) groups is 2. The van der Waals surface area contributed by atoms with Gasteiger partial charge in [0.15, 0.2) is 0 Å². The van der Waals surface area contributed by atoms with Gasteiger partial charge < -0.3 is 16.0 Å². The molecule has 2 aromatic carbocycles. The fourth-order valence-electron chi connectivity index (χ4n) is 3.99. The summed E-state index contributed by atoms with van der Waals surface area (Å²) in [6.07, 6.45) is 3.31. The van der Waals surface area contributed by atoms with Crippen molar-refractivity contribution >= 4 is 34.8 Å². The summed E-state index contributed by atoms with van der Waals surface area (Å²) in [4.78, 5) is 31.5. The Morgan fingerprint density at radius 3 is 2.44 bits per heavy atom. The van der Waals surface area contributed by atoms with Crippen LogP contribution in [0.15, 0.2) is 60.8 Å². The summed E-state index contributed by atoms with van der Waals surface area (Å²) >= 11 is 5.89. The van der Waals surface area contributed by atoms with E-state index >= 15 is 0 Å². The number of pyridine rings is 1. The molecule has 0 aliphatic carbocycles. The van der Waals surface area contributed by atoms with Gasteiger partial charge in [0.05, 0.1) is 0 Å². The normalized spacial score (nSPS) is 14.2. The lowest BCUT2D eigenvalue weighted by molar-refractivity contribution is 0.0712. The summed E-state index contributed by atoms with van der Waals surface area (Å²) < 4.78 is 0. The maximum Gasteiger partial charge on any atom is 0.255 e. The van der Waals surface area contributed by atoms with Gasteiger partial charge in [0.25, 0.3) is 11.8 Å². The number of hydrogen-bond acceptors (Lipinski definition) is 4. The molecule has 6 nitrogen and oxygen atoms in total. The van der Waals surface area contributed by atoms with Crippen LogP contribution in [-0.2, 0) is 0 Å². The average Bonchev–Trinajstić information content (AvgIpc) is 2.80. The molecule has 0 spiro atoms. The minimum Gasteiger partial charge on any atom is -0.399 e. The number of aryl methyl sites for hydroxylation is 1. The number of nitrogen functional groups attached to an aromatic ring is 1. The molecule has 1 saturated heterocycles. The number of benzene rings is 2. The number of nitrogens with zero attached hydrogens (tertiary/aromatic N) is 2. The summed E-state index contributed by atoms with van der Waals surface area (Å²) in [5.74, 6) is 0.106. The molecule has 1 aromatic heterocycles. The van der Waals surface area contributed by atoms with Crippen molar-refractivity contribution in [3.8, 4) is 0 Å². The van der Waals surface area contributed by atoms with Crippen LogP contribution in [0.3, 0.4) is 0 Å². The molecule has 3 aromatic rings. The predicted molar refractivity (Wildman–Crippen MR) is 127 cm³/mol. The summed E-state index contributed by atoms with van der Waals surface area (Å²) in [5.41, 5.74) is 10.3. The van der Waals surface area contributed by atoms with Crippen molar-refractivity contribution in [3.05, 3.63) is 88.2 Å². The van der Waals surface area contributed by atoms with E-state index in [2.05, 4.69) is 22.4 Å². The lowest BCUT2D eigenvalue weighted by atomic mass is 9.89. The predicted octanol–water partition coefficient (Wildman–Crippen LogP) is 4.90. The highest BCUT2D eigenvalue weighted by Gasteiger charge is 2.25. The number of rotatable bonds is 4. The van der Waals surface area contributed by atoms with E-state index in [-0.39, 0.29) is 17.0 Å². The fraction of sp³-hybridized carbons (Fsp3) is 0.240. The van der Waals surface area contributed by atoms with Crippen LogP contribution in [0.25, 0.3) is 0 Å². The first-order valence-corrected chi connectivity index (χ1v) is 11.0. The molecule has 32 heavy (non-hydrogen) atoms. The number of nitrogens with two attached hydrogens (primary N) is 1. The molecule has 0 bridgehead atoms. The summed E-state index contributed by atoms with van der Waals surface area (Å²) in [7, 11) is 0. The minimum absolute atomic E-state index is 0.0248. The van der Waals surface area contributed by atoms with Crippen LogP contribution in [0.5, 0.6) is 0 Å². The summed E-state index contributed by atoms with van der Waals surface area (Å²) in [5, 5.41) is 3.13. The summed E-state index contributed by atoms with van der Waals surface area (Å²) in [6, 6.07) is 16.5. The van der Waals surface area contributed by atoms with E-state index in [0.29, 0.717) is 35.8 Å². The number of amides is 2. The lowest BCUT2D eigenvalue weighted by Gasteiger charge is -2.32. The van der Waals surface area contributed by atoms with Gasteiger partial charge >= 0.3 is 0 Å². The Bertz CT molecular complexity index is 1140. The quantitative estimate of drug-likeness (QED) is 0.439. The first-order chi connectivity index (χ1) is 15.4. The van der Waals surface area contributed by atoms with Crippen molar-refractivity contribution in [2.24, 2.45) is 0 Å². The Morgan fingerprint density at radius 1 is 1.03 bits per heavy atom. The number of likely N-dealkylation sites (tertiary alicyclic amines) is 1. The van der Waals surface area contributed by atoms with Gasteiger partial charge in [-0.1, -0.05) is 29.8 Å². The van der Waals surface area contributed by atoms with Gasteiger partial charge in [0.2, 0.25) is 0 Å². The molecule has 1 aliphatic heterocycles. The molecule has 0 atom stereocenters. The van der Waals surface area contributed by atoms with E-state index < -0.39 is 0 Å². The smallest absolute Gasteiger partial charge is 0.255 e. The number of carbonyl (C=O) groups excluding carboxylic acids is 2. The zero-order valence-corrected chi connectivity index (χ0v) is 18.6. The van der Waals surface area contributed by atoms with Crippen molar-refractivity contribution in [1.29, 1.82) is 0 Å². The van der Waals surface area contributed by atoms with E-state index in [1.54, 1.807) is 12.1 Å². The SMILES string of the molecule is Cc1ccc(C(=O)N2CCC(c3ccc(N)cc3)CC2)cc1NC(=O)c1ccnc(Cl)c1. The van der Waals surface area contributed by atoms with Crippen LogP contribution in [0.2, 0.25) is 5.15 Å². The van der Waals surface area contributed by atoms with Gasteiger partial charge in [0, 0.05) is 41.8 Å². The Morgan fingerprint density at radius 2 is 1.75 bits per heavy atom. The van der Waals surface area contributed by atoms with Crippen LogP contribution in [0.1, 0.15) is 50.6 Å². The van der Waals surface area contributed by atoms with Gasteiger partial charge in [-0.25, -0.2) is 4.98 Å². The first kappa shape index (κ1) is 21.8. The van der Waals surface area contributed by atoms with Crippen LogP contribution in [0, 0.1) is 6.92 Å². The first-order valence-electron chi connectivity index (χ1n) is 10.6. The van der Waals surface area contributed by atoms with Crippen molar-refractivity contribution in [3.63, 3.8) is 0 Å². The highest BCUT2D eigenvalue weighted by Crippen LogP contribution is 2.29. The lowest BCUT2D eigenvalue weighted by Crippen LogP contribution is -2.38. The second-order valence-electron chi connectivity index (χ2n) is 8.08. The van der Waals surface area contributed by atoms with E-state index in [1.807, 2.05) is 36.1 Å². The van der Waals surface area contributed by atoms with E-state index in [9.17, 15) is 9.59 Å². The zero-order chi connectivity index (χ0) is 22.7. The highest BCUT2D eigenvalue weighted by atomic mass is 35.5. The zero-order valence-electron chi connectivity index (χ0n) is 17.8. The molecule has 0 saturated carbocycles. The molecule has 0 radical (unpaired) electrons. The minimum atomic E-state index is -0.300. The molecule has 164 valence electrons. The Hall–Kier alpha value is -3.38. The van der Waals surface area contributed by atoms with Crippen LogP contribution in [0.4, 0.5) is 11.4 Å². The maximum absolute atomic E-state index is 13.1. The molecule has 7 heteroatoms. The standard InChI is InChI=1S/C25H25ClN4O2/c1-16-2-3-20(14-22(16)29-24(31)19-8-11-28-23(26)15-19)25(32)30-12-9-18(10-13-30)17-4-6-21(27)7-5-17/h2-8,11,14-15,18H,9-10,12-13,27H2,1H3,(H,29,31). The summed E-state index contributed by atoms with van der Waals surface area (Å²) in [6.45, 7) is 3.28. The van der Waals surface area contributed by atoms with Crippen molar-refractivity contribution in [2.75, 3.05) is 24.1 Å². The number of nitrogens with one attached hydrogen (secondary N) is 1. The molecule has 0 unspecified atom stereocenters. The van der Waals surface area contributed by atoms with Crippen LogP contribution in [-0.4, -0.2) is 34.8 Å². The monoisotopic (exact) mass is 448 g/mol. The number of hydrogen-bond donors (Lipinski definition) is 2. The number of anilines is 2. The Balaban J connectivity index is 1.43. The Labute approximate surface area is 192 Å². The average molecular weight is 449 g/mol. The molecule has 2 heterocycles. The molecule has 1 fully saturated rings. The van der Waals surface area contributed by atoms with E-state index in [4.69, 9.17) is 17.3 Å². The molecule has 3 N–H and O–H groups in total. The second kappa shape index (κ2) is 9.40. The van der Waals surface area contributed by atoms with Gasteiger partial charge in [-0.05, 0) is 73.2 Å². The van der Waals surface area contributed by atoms with E-state index in [1.165, 1.54) is 17.8 Å². The largest absolute Gasteiger partial charge is 0.399 e. The van der Waals surface area contributed by atoms with Gasteiger partial charge in [-0.3, -0.25) is 9.59 Å². The van der Waals surface area contributed by atoms with E-state index in [0.717, 1.165) is 24.1 Å². The molecule has 1 aliphatic rings. The molecular formula is C25H25ClN4O2. The highest BCUT2D eigenvalue weighted by molar-refractivity contribution is 6.29.